The molecule has 0 bridgehead atoms. The molecule has 0 N–H and O–H groups in total. The maximum atomic E-state index is 8.80. The highest BCUT2D eigenvalue weighted by atomic mass is 32.2. The van der Waals surface area contributed by atoms with E-state index in [1.165, 1.54) is 11.8 Å². The van der Waals surface area contributed by atoms with Gasteiger partial charge in [0.25, 0.3) is 0 Å². The lowest BCUT2D eigenvalue weighted by Crippen LogP contribution is -2.17. The Morgan fingerprint density at radius 2 is 2.36 bits per heavy atom. The first-order valence-corrected chi connectivity index (χ1v) is 5.04. The summed E-state index contributed by atoms with van der Waals surface area (Å²) in [4.78, 5) is 0. The molecule has 0 aliphatic carbocycles. The van der Waals surface area contributed by atoms with Crippen LogP contribution in [0.25, 0.3) is 0 Å². The van der Waals surface area contributed by atoms with Crippen molar-refractivity contribution in [3.8, 4) is 6.07 Å². The van der Waals surface area contributed by atoms with Crippen LogP contribution in [0, 0.1) is 11.3 Å². The van der Waals surface area contributed by atoms with Gasteiger partial charge < -0.3 is 0 Å². The van der Waals surface area contributed by atoms with Crippen molar-refractivity contribution in [2.45, 2.75) is 31.4 Å². The van der Waals surface area contributed by atoms with E-state index in [0.717, 1.165) is 12.8 Å². The van der Waals surface area contributed by atoms with Crippen LogP contribution in [0.3, 0.4) is 0 Å². The molecule has 0 aliphatic rings. The average molecular weight is 205 g/mol. The van der Waals surface area contributed by atoms with E-state index in [1.54, 1.807) is 0 Å². The van der Waals surface area contributed by atoms with Gasteiger partial charge in [0.1, 0.15) is 8.28 Å². The van der Waals surface area contributed by atoms with Crippen molar-refractivity contribution in [2.75, 3.05) is 0 Å². The highest BCUT2D eigenvalue weighted by molar-refractivity contribution is 8.42. The standard InChI is InChI=1S/C7H11NS3/c1-3-4-7(2,5-8)11-6(9)10/h3-4H2,1-2H3,(H,9,10). The number of rotatable bonds is 3. The highest BCUT2D eigenvalue weighted by Gasteiger charge is 2.24. The van der Waals surface area contributed by atoms with Gasteiger partial charge in [-0.05, 0) is 13.3 Å². The number of nitriles is 1. The molecule has 0 heterocycles. The molecule has 0 fully saturated rings. The number of nitrogens with zero attached hydrogens (tertiary/aromatic N) is 1. The fraction of sp³-hybridized carbons (Fsp3) is 0.714. The second-order valence-electron chi connectivity index (χ2n) is 2.46. The third kappa shape index (κ3) is 4.67. The van der Waals surface area contributed by atoms with Crippen LogP contribution in [0.5, 0.6) is 0 Å². The molecule has 0 saturated heterocycles. The highest BCUT2D eigenvalue weighted by Crippen LogP contribution is 2.31. The first kappa shape index (κ1) is 11.3. The van der Waals surface area contributed by atoms with Gasteiger partial charge in [-0.15, -0.1) is 12.6 Å². The molecule has 0 aromatic heterocycles. The molecular weight excluding hydrogens is 194 g/mol. The Kier molecular flexibility index (Phi) is 5.15. The first-order valence-electron chi connectivity index (χ1n) is 3.37. The molecule has 0 aliphatic heterocycles. The summed E-state index contributed by atoms with van der Waals surface area (Å²) in [6, 6.07) is 2.24. The van der Waals surface area contributed by atoms with E-state index < -0.39 is 0 Å². The summed E-state index contributed by atoms with van der Waals surface area (Å²) in [5, 5.41) is 8.80. The largest absolute Gasteiger partial charge is 0.197 e. The van der Waals surface area contributed by atoms with Crippen LogP contribution in [-0.4, -0.2) is 8.28 Å². The summed E-state index contributed by atoms with van der Waals surface area (Å²) in [7, 11) is 0. The SMILES string of the molecule is CCCC(C)(C#N)SC(=S)S. The summed E-state index contributed by atoms with van der Waals surface area (Å²) >= 11 is 10.1. The second-order valence-corrected chi connectivity index (χ2v) is 5.69. The van der Waals surface area contributed by atoms with Crippen LogP contribution in [0.4, 0.5) is 0 Å². The van der Waals surface area contributed by atoms with E-state index in [-0.39, 0.29) is 4.75 Å². The van der Waals surface area contributed by atoms with E-state index >= 15 is 0 Å². The monoisotopic (exact) mass is 205 g/mol. The van der Waals surface area contributed by atoms with Gasteiger partial charge in [0.15, 0.2) is 0 Å². The van der Waals surface area contributed by atoms with Crippen LogP contribution in [0.2, 0.25) is 0 Å². The Morgan fingerprint density at radius 1 is 1.82 bits per heavy atom. The van der Waals surface area contributed by atoms with Gasteiger partial charge in [-0.25, -0.2) is 0 Å². The predicted molar refractivity (Wildman–Crippen MR) is 58.1 cm³/mol. The molecule has 0 saturated carbocycles. The van der Waals surface area contributed by atoms with Crippen molar-refractivity contribution < 1.29 is 0 Å². The lowest BCUT2D eigenvalue weighted by molar-refractivity contribution is 0.695. The maximum absolute atomic E-state index is 8.80. The molecular formula is C7H11NS3. The molecule has 62 valence electrons. The van der Waals surface area contributed by atoms with Crippen molar-refractivity contribution in [3.63, 3.8) is 0 Å². The van der Waals surface area contributed by atoms with E-state index in [2.05, 4.69) is 25.6 Å². The smallest absolute Gasteiger partial charge is 0.105 e. The third-order valence-corrected chi connectivity index (χ3v) is 2.72. The summed E-state index contributed by atoms with van der Waals surface area (Å²) in [5.74, 6) is 0. The first-order chi connectivity index (χ1) is 5.04. The van der Waals surface area contributed by atoms with Gasteiger partial charge in [0.2, 0.25) is 0 Å². The Hall–Kier alpha value is 0.280. The van der Waals surface area contributed by atoms with Gasteiger partial charge >= 0.3 is 0 Å². The molecule has 0 spiro atoms. The number of thiol groups is 1. The van der Waals surface area contributed by atoms with E-state index in [0.29, 0.717) is 3.53 Å². The van der Waals surface area contributed by atoms with E-state index in [1.807, 2.05) is 6.92 Å². The Morgan fingerprint density at radius 3 is 2.64 bits per heavy atom. The summed E-state index contributed by atoms with van der Waals surface area (Å²) in [6.45, 7) is 3.95. The molecule has 1 unspecified atom stereocenters. The van der Waals surface area contributed by atoms with Gasteiger partial charge in [0, 0.05) is 0 Å². The minimum absolute atomic E-state index is 0.381. The number of thiocarbonyl (C=S) groups is 1. The molecule has 1 nitrogen and oxygen atoms in total. The van der Waals surface area contributed by atoms with Crippen LogP contribution < -0.4 is 0 Å². The van der Waals surface area contributed by atoms with Crippen molar-refractivity contribution in [2.24, 2.45) is 0 Å². The predicted octanol–water partition coefficient (Wildman–Crippen LogP) is 3.02. The van der Waals surface area contributed by atoms with Crippen LogP contribution >= 0.6 is 36.6 Å². The van der Waals surface area contributed by atoms with Crippen molar-refractivity contribution >= 4 is 40.1 Å². The van der Waals surface area contributed by atoms with Gasteiger partial charge in [-0.3, -0.25) is 0 Å². The lowest BCUT2D eigenvalue weighted by atomic mass is 10.1. The third-order valence-electron chi connectivity index (χ3n) is 1.28. The Labute approximate surface area is 83.0 Å². The molecule has 11 heavy (non-hydrogen) atoms. The quantitative estimate of drug-likeness (QED) is 0.566. The van der Waals surface area contributed by atoms with Crippen molar-refractivity contribution in [1.82, 2.24) is 0 Å². The van der Waals surface area contributed by atoms with Gasteiger partial charge in [0.05, 0.1) is 6.07 Å². The van der Waals surface area contributed by atoms with Crippen molar-refractivity contribution in [3.05, 3.63) is 0 Å². The minimum Gasteiger partial charge on any atom is -0.197 e. The molecule has 0 amide bonds. The summed E-state index contributed by atoms with van der Waals surface area (Å²) in [6.07, 6.45) is 1.85. The van der Waals surface area contributed by atoms with E-state index in [9.17, 15) is 0 Å². The zero-order valence-corrected chi connectivity index (χ0v) is 9.15. The fourth-order valence-electron chi connectivity index (χ4n) is 0.800. The fourth-order valence-corrected chi connectivity index (χ4v) is 2.69. The Balaban J connectivity index is 4.13. The van der Waals surface area contributed by atoms with Crippen LogP contribution in [0.1, 0.15) is 26.7 Å². The molecule has 0 rings (SSSR count). The molecule has 0 aromatic rings. The summed E-state index contributed by atoms with van der Waals surface area (Å²) < 4.78 is 0.163. The van der Waals surface area contributed by atoms with Gasteiger partial charge in [-0.2, -0.15) is 5.26 Å². The number of thioether (sulfide) groups is 1. The van der Waals surface area contributed by atoms with E-state index in [4.69, 9.17) is 17.5 Å². The molecule has 0 radical (unpaired) electrons. The van der Waals surface area contributed by atoms with Gasteiger partial charge in [-0.1, -0.05) is 37.3 Å². The molecule has 0 aromatic carbocycles. The summed E-state index contributed by atoms with van der Waals surface area (Å²) in [5.41, 5.74) is 0. The zero-order chi connectivity index (χ0) is 8.91. The minimum atomic E-state index is -0.381. The topological polar surface area (TPSA) is 23.8 Å². The lowest BCUT2D eigenvalue weighted by Gasteiger charge is -2.18. The Bertz CT molecular complexity index is 185. The normalized spacial score (nSPS) is 15.1. The average Bonchev–Trinajstić information content (AvgIpc) is 1.87. The maximum Gasteiger partial charge on any atom is 0.105 e. The van der Waals surface area contributed by atoms with Crippen LogP contribution in [0.15, 0.2) is 0 Å². The zero-order valence-electron chi connectivity index (χ0n) is 6.63. The van der Waals surface area contributed by atoms with Crippen LogP contribution in [-0.2, 0) is 0 Å². The second kappa shape index (κ2) is 5.02. The molecule has 4 heteroatoms. The molecule has 1 atom stereocenters. The number of hydrogen-bond donors (Lipinski definition) is 1. The number of hydrogen-bond acceptors (Lipinski definition) is 3. The van der Waals surface area contributed by atoms with Crippen molar-refractivity contribution in [1.29, 1.82) is 5.26 Å².